The zero-order valence-electron chi connectivity index (χ0n) is 12.3. The average Bonchev–Trinajstić information content (AvgIpc) is 3.20. The van der Waals surface area contributed by atoms with Crippen LogP contribution in [0.1, 0.15) is 24.8 Å². The molecule has 2 aliphatic rings. The average molecular weight is 292 g/mol. The quantitative estimate of drug-likeness (QED) is 0.923. The normalized spacial score (nSPS) is 21.3. The molecule has 0 bridgehead atoms. The SMILES string of the molecule is CN1CCN(c2ccc(C3(CC(=O)O)CC3)cc2F)CC1. The number of hydrogen-bond donors (Lipinski definition) is 1. The molecule has 0 aromatic heterocycles. The van der Waals surface area contributed by atoms with Gasteiger partial charge in [0.1, 0.15) is 5.82 Å². The van der Waals surface area contributed by atoms with Crippen LogP contribution in [-0.2, 0) is 10.2 Å². The zero-order valence-corrected chi connectivity index (χ0v) is 12.3. The highest BCUT2D eigenvalue weighted by atomic mass is 19.1. The Morgan fingerprint density at radius 1 is 1.29 bits per heavy atom. The summed E-state index contributed by atoms with van der Waals surface area (Å²) in [7, 11) is 2.07. The number of anilines is 1. The topological polar surface area (TPSA) is 43.8 Å². The molecule has 0 atom stereocenters. The summed E-state index contributed by atoms with van der Waals surface area (Å²) in [6.45, 7) is 3.52. The Morgan fingerprint density at radius 2 is 1.95 bits per heavy atom. The van der Waals surface area contributed by atoms with E-state index in [9.17, 15) is 9.18 Å². The van der Waals surface area contributed by atoms with Crippen molar-refractivity contribution in [3.8, 4) is 0 Å². The molecule has 0 radical (unpaired) electrons. The molecule has 0 spiro atoms. The Balaban J connectivity index is 1.79. The fraction of sp³-hybridized carbons (Fsp3) is 0.562. The number of piperazine rings is 1. The van der Waals surface area contributed by atoms with E-state index >= 15 is 0 Å². The lowest BCUT2D eigenvalue weighted by molar-refractivity contribution is -0.137. The van der Waals surface area contributed by atoms with Gasteiger partial charge < -0.3 is 14.9 Å². The third kappa shape index (κ3) is 2.88. The number of carbonyl (C=O) groups is 1. The number of benzene rings is 1. The van der Waals surface area contributed by atoms with E-state index in [0.29, 0.717) is 5.69 Å². The monoisotopic (exact) mass is 292 g/mol. The summed E-state index contributed by atoms with van der Waals surface area (Å²) in [5, 5.41) is 9.00. The van der Waals surface area contributed by atoms with Gasteiger partial charge in [0, 0.05) is 31.6 Å². The van der Waals surface area contributed by atoms with Gasteiger partial charge in [-0.1, -0.05) is 6.07 Å². The van der Waals surface area contributed by atoms with Gasteiger partial charge in [-0.05, 0) is 37.6 Å². The maximum Gasteiger partial charge on any atom is 0.304 e. The minimum Gasteiger partial charge on any atom is -0.481 e. The number of aliphatic carboxylic acids is 1. The Hall–Kier alpha value is -1.62. The fourth-order valence-electron chi connectivity index (χ4n) is 3.15. The van der Waals surface area contributed by atoms with Crippen molar-refractivity contribution in [3.63, 3.8) is 0 Å². The maximum atomic E-state index is 14.4. The Labute approximate surface area is 124 Å². The van der Waals surface area contributed by atoms with Crippen LogP contribution in [0.15, 0.2) is 18.2 Å². The first-order valence-corrected chi connectivity index (χ1v) is 7.45. The molecule has 5 heteroatoms. The van der Waals surface area contributed by atoms with Gasteiger partial charge in [-0.3, -0.25) is 4.79 Å². The molecule has 1 aliphatic heterocycles. The van der Waals surface area contributed by atoms with Crippen molar-refractivity contribution >= 4 is 11.7 Å². The second-order valence-electron chi connectivity index (χ2n) is 6.31. The van der Waals surface area contributed by atoms with Crippen LogP contribution in [0, 0.1) is 5.82 Å². The highest BCUT2D eigenvalue weighted by molar-refractivity contribution is 5.70. The van der Waals surface area contributed by atoms with Gasteiger partial charge in [0.05, 0.1) is 12.1 Å². The number of nitrogens with zero attached hydrogens (tertiary/aromatic N) is 2. The highest BCUT2D eigenvalue weighted by Gasteiger charge is 2.46. The maximum absolute atomic E-state index is 14.4. The van der Waals surface area contributed by atoms with Crippen molar-refractivity contribution < 1.29 is 14.3 Å². The summed E-state index contributed by atoms with van der Waals surface area (Å²) in [6, 6.07) is 5.27. The van der Waals surface area contributed by atoms with Crippen LogP contribution in [0.5, 0.6) is 0 Å². The van der Waals surface area contributed by atoms with Gasteiger partial charge in [-0.15, -0.1) is 0 Å². The Kier molecular flexibility index (Phi) is 3.61. The standard InChI is InChI=1S/C16H21FN2O2/c1-18-6-8-19(9-7-18)14-3-2-12(10-13(14)17)16(4-5-16)11-15(20)21/h2-3,10H,4-9,11H2,1H3,(H,20,21). The first-order valence-electron chi connectivity index (χ1n) is 7.45. The van der Waals surface area contributed by atoms with Gasteiger partial charge in [-0.25, -0.2) is 4.39 Å². The van der Waals surface area contributed by atoms with Crippen molar-refractivity contribution in [3.05, 3.63) is 29.6 Å². The van der Waals surface area contributed by atoms with Crippen LogP contribution >= 0.6 is 0 Å². The molecule has 1 heterocycles. The van der Waals surface area contributed by atoms with Gasteiger partial charge in [0.2, 0.25) is 0 Å². The van der Waals surface area contributed by atoms with E-state index in [1.54, 1.807) is 6.07 Å². The van der Waals surface area contributed by atoms with Gasteiger partial charge >= 0.3 is 5.97 Å². The lowest BCUT2D eigenvalue weighted by atomic mass is 9.92. The van der Waals surface area contributed by atoms with E-state index in [-0.39, 0.29) is 17.7 Å². The molecule has 4 nitrogen and oxygen atoms in total. The summed E-state index contributed by atoms with van der Waals surface area (Å²) >= 11 is 0. The van der Waals surface area contributed by atoms with Crippen LogP contribution in [0.4, 0.5) is 10.1 Å². The van der Waals surface area contributed by atoms with E-state index in [1.165, 1.54) is 0 Å². The fourth-order valence-corrected chi connectivity index (χ4v) is 3.15. The zero-order chi connectivity index (χ0) is 15.0. The second kappa shape index (κ2) is 5.30. The largest absolute Gasteiger partial charge is 0.481 e. The lowest BCUT2D eigenvalue weighted by Crippen LogP contribution is -2.44. The Bertz CT molecular complexity index is 549. The van der Waals surface area contributed by atoms with E-state index in [0.717, 1.165) is 44.6 Å². The number of rotatable bonds is 4. The van der Waals surface area contributed by atoms with Crippen molar-refractivity contribution in [1.82, 2.24) is 4.90 Å². The molecule has 0 amide bonds. The molecular formula is C16H21FN2O2. The summed E-state index contributed by atoms with van der Waals surface area (Å²) < 4.78 is 14.4. The third-order valence-corrected chi connectivity index (χ3v) is 4.75. The molecule has 2 fully saturated rings. The van der Waals surface area contributed by atoms with Gasteiger partial charge in [-0.2, -0.15) is 0 Å². The molecule has 1 N–H and O–H groups in total. The van der Waals surface area contributed by atoms with Crippen LogP contribution in [0.25, 0.3) is 0 Å². The molecule has 1 aromatic carbocycles. The predicted molar refractivity (Wildman–Crippen MR) is 79.3 cm³/mol. The summed E-state index contributed by atoms with van der Waals surface area (Å²) in [5.41, 5.74) is 1.14. The van der Waals surface area contributed by atoms with Crippen molar-refractivity contribution in [1.29, 1.82) is 0 Å². The third-order valence-electron chi connectivity index (χ3n) is 4.75. The number of hydrogen-bond acceptors (Lipinski definition) is 3. The number of carboxylic acid groups (broad SMARTS) is 1. The number of halogens is 1. The van der Waals surface area contributed by atoms with E-state index in [2.05, 4.69) is 16.8 Å². The molecule has 21 heavy (non-hydrogen) atoms. The highest BCUT2D eigenvalue weighted by Crippen LogP contribution is 2.51. The van der Waals surface area contributed by atoms with Crippen molar-refractivity contribution in [2.24, 2.45) is 0 Å². The van der Waals surface area contributed by atoms with Crippen LogP contribution in [0.3, 0.4) is 0 Å². The molecule has 1 aromatic rings. The molecular weight excluding hydrogens is 271 g/mol. The molecule has 3 rings (SSSR count). The van der Waals surface area contributed by atoms with Gasteiger partial charge in [0.25, 0.3) is 0 Å². The van der Waals surface area contributed by atoms with E-state index < -0.39 is 5.97 Å². The minimum atomic E-state index is -0.809. The van der Waals surface area contributed by atoms with Crippen LogP contribution in [-0.4, -0.2) is 49.2 Å². The number of carboxylic acids is 1. The molecule has 0 unspecified atom stereocenters. The van der Waals surface area contributed by atoms with E-state index in [1.807, 2.05) is 12.1 Å². The van der Waals surface area contributed by atoms with Crippen molar-refractivity contribution in [2.45, 2.75) is 24.7 Å². The first-order chi connectivity index (χ1) is 10.00. The minimum absolute atomic E-state index is 0.0975. The van der Waals surface area contributed by atoms with Crippen LogP contribution in [0.2, 0.25) is 0 Å². The summed E-state index contributed by atoms with van der Waals surface area (Å²) in [4.78, 5) is 15.2. The molecule has 1 saturated carbocycles. The Morgan fingerprint density at radius 3 is 2.48 bits per heavy atom. The molecule has 1 aliphatic carbocycles. The first kappa shape index (κ1) is 14.3. The predicted octanol–water partition coefficient (Wildman–Crippen LogP) is 2.08. The van der Waals surface area contributed by atoms with Crippen molar-refractivity contribution in [2.75, 3.05) is 38.1 Å². The molecule has 114 valence electrons. The van der Waals surface area contributed by atoms with Crippen LogP contribution < -0.4 is 4.90 Å². The second-order valence-corrected chi connectivity index (χ2v) is 6.31. The summed E-state index contributed by atoms with van der Waals surface area (Å²) in [5.74, 6) is -1.04. The number of likely N-dealkylation sites (N-methyl/N-ethyl adjacent to an activating group) is 1. The summed E-state index contributed by atoms with van der Waals surface area (Å²) in [6.07, 6.45) is 1.78. The molecule has 1 saturated heterocycles. The van der Waals surface area contributed by atoms with E-state index in [4.69, 9.17) is 5.11 Å². The smallest absolute Gasteiger partial charge is 0.304 e. The van der Waals surface area contributed by atoms with Gasteiger partial charge in [0.15, 0.2) is 0 Å². The lowest BCUT2D eigenvalue weighted by Gasteiger charge is -2.34.